The lowest BCUT2D eigenvalue weighted by atomic mass is 10.1. The summed E-state index contributed by atoms with van der Waals surface area (Å²) in [5, 5.41) is 4.68. The smallest absolute Gasteiger partial charge is 0.255 e. The molecule has 1 aliphatic rings. The Morgan fingerprint density at radius 2 is 1.93 bits per heavy atom. The molecule has 0 unspecified atom stereocenters. The van der Waals surface area contributed by atoms with Gasteiger partial charge in [0.2, 0.25) is 0 Å². The van der Waals surface area contributed by atoms with Gasteiger partial charge >= 0.3 is 0 Å². The molecule has 0 saturated carbocycles. The fraction of sp³-hybridized carbons (Fsp3) is 0.364. The third-order valence-electron chi connectivity index (χ3n) is 5.28. The Hall–Kier alpha value is -2.82. The summed E-state index contributed by atoms with van der Waals surface area (Å²) in [6.45, 7) is 2.51. The number of hydrogen-bond acceptors (Lipinski definition) is 3. The molecule has 0 spiro atoms. The molecule has 1 saturated heterocycles. The minimum atomic E-state index is 0.102. The van der Waals surface area contributed by atoms with Gasteiger partial charge < -0.3 is 15.2 Å². The average molecular weight is 362 g/mol. The van der Waals surface area contributed by atoms with Crippen LogP contribution in [-0.4, -0.2) is 40.4 Å². The van der Waals surface area contributed by atoms with Crippen molar-refractivity contribution in [3.05, 3.63) is 60.0 Å². The molecule has 140 valence electrons. The monoisotopic (exact) mass is 362 g/mol. The Kier molecular flexibility index (Phi) is 5.37. The predicted octanol–water partition coefficient (Wildman–Crippen LogP) is 4.23. The number of fused-ring (bicyclic) bond motifs is 1. The summed E-state index contributed by atoms with van der Waals surface area (Å²) in [5.41, 5.74) is 4.03. The van der Waals surface area contributed by atoms with Crippen LogP contribution in [0.15, 0.2) is 48.9 Å². The molecule has 1 aliphatic heterocycles. The van der Waals surface area contributed by atoms with Crippen molar-refractivity contribution in [3.8, 4) is 0 Å². The van der Waals surface area contributed by atoms with Gasteiger partial charge in [0.05, 0.1) is 11.3 Å². The fourth-order valence-electron chi connectivity index (χ4n) is 3.79. The van der Waals surface area contributed by atoms with Crippen LogP contribution < -0.4 is 5.32 Å². The van der Waals surface area contributed by atoms with E-state index in [4.69, 9.17) is 0 Å². The van der Waals surface area contributed by atoms with Crippen molar-refractivity contribution in [2.24, 2.45) is 0 Å². The van der Waals surface area contributed by atoms with Crippen LogP contribution in [-0.2, 0) is 6.42 Å². The van der Waals surface area contributed by atoms with Gasteiger partial charge in [-0.25, -0.2) is 0 Å². The summed E-state index contributed by atoms with van der Waals surface area (Å²) in [6, 6.07) is 10.3. The number of H-pyrrole nitrogens is 1. The van der Waals surface area contributed by atoms with E-state index in [0.717, 1.165) is 44.6 Å². The molecule has 5 nitrogen and oxygen atoms in total. The molecule has 2 N–H and O–H groups in total. The van der Waals surface area contributed by atoms with Crippen molar-refractivity contribution >= 4 is 22.5 Å². The molecule has 5 heteroatoms. The molecular formula is C22H26N4O. The normalized spacial score (nSPS) is 14.9. The highest BCUT2D eigenvalue weighted by Crippen LogP contribution is 2.19. The van der Waals surface area contributed by atoms with Crippen LogP contribution in [0.4, 0.5) is 5.69 Å². The van der Waals surface area contributed by atoms with Crippen LogP contribution in [0.5, 0.6) is 0 Å². The second kappa shape index (κ2) is 8.25. The molecule has 1 fully saturated rings. The lowest BCUT2D eigenvalue weighted by molar-refractivity contribution is 0.0761. The highest BCUT2D eigenvalue weighted by molar-refractivity contribution is 5.94. The number of amides is 1. The maximum absolute atomic E-state index is 12.8. The maximum Gasteiger partial charge on any atom is 0.255 e. The number of likely N-dealkylation sites (tertiary alicyclic amines) is 1. The molecule has 0 atom stereocenters. The second-order valence-corrected chi connectivity index (χ2v) is 7.20. The lowest BCUT2D eigenvalue weighted by Gasteiger charge is -2.20. The van der Waals surface area contributed by atoms with E-state index in [0.29, 0.717) is 5.56 Å². The van der Waals surface area contributed by atoms with Crippen LogP contribution in [0.2, 0.25) is 0 Å². The number of carbonyl (C=O) groups is 1. The fourth-order valence-corrected chi connectivity index (χ4v) is 3.79. The SMILES string of the molecule is O=C(c1cncc(NCCc2c[nH]c3ccccc23)c1)N1CCCCCC1. The van der Waals surface area contributed by atoms with Crippen molar-refractivity contribution < 1.29 is 4.79 Å². The molecule has 3 aromatic rings. The summed E-state index contributed by atoms with van der Waals surface area (Å²) in [7, 11) is 0. The number of anilines is 1. The topological polar surface area (TPSA) is 61.0 Å². The van der Waals surface area contributed by atoms with Gasteiger partial charge in [-0.1, -0.05) is 31.0 Å². The minimum Gasteiger partial charge on any atom is -0.383 e. The zero-order valence-corrected chi connectivity index (χ0v) is 15.6. The molecule has 1 amide bonds. The Bertz CT molecular complexity index is 909. The van der Waals surface area contributed by atoms with Gasteiger partial charge in [0.25, 0.3) is 5.91 Å². The minimum absolute atomic E-state index is 0.102. The van der Waals surface area contributed by atoms with E-state index in [-0.39, 0.29) is 5.91 Å². The Labute approximate surface area is 159 Å². The summed E-state index contributed by atoms with van der Waals surface area (Å²) in [6.07, 6.45) is 11.1. The van der Waals surface area contributed by atoms with Crippen molar-refractivity contribution in [3.63, 3.8) is 0 Å². The summed E-state index contributed by atoms with van der Waals surface area (Å²) in [5.74, 6) is 0.102. The second-order valence-electron chi connectivity index (χ2n) is 7.20. The van der Waals surface area contributed by atoms with E-state index >= 15 is 0 Å². The predicted molar refractivity (Wildman–Crippen MR) is 109 cm³/mol. The summed E-state index contributed by atoms with van der Waals surface area (Å²) >= 11 is 0. The maximum atomic E-state index is 12.8. The van der Waals surface area contributed by atoms with Crippen LogP contribution >= 0.6 is 0 Å². The molecule has 4 rings (SSSR count). The Morgan fingerprint density at radius 3 is 2.78 bits per heavy atom. The number of rotatable bonds is 5. The van der Waals surface area contributed by atoms with Gasteiger partial charge in [-0.05, 0) is 37.0 Å². The van der Waals surface area contributed by atoms with Gasteiger partial charge in [0, 0.05) is 49.1 Å². The number of aromatic amines is 1. The zero-order valence-electron chi connectivity index (χ0n) is 15.6. The highest BCUT2D eigenvalue weighted by atomic mass is 16.2. The number of aromatic nitrogens is 2. The van der Waals surface area contributed by atoms with E-state index < -0.39 is 0 Å². The summed E-state index contributed by atoms with van der Waals surface area (Å²) < 4.78 is 0. The Balaban J connectivity index is 1.38. The van der Waals surface area contributed by atoms with Gasteiger partial charge in [0.1, 0.15) is 0 Å². The first-order chi connectivity index (χ1) is 13.3. The van der Waals surface area contributed by atoms with Gasteiger partial charge in [-0.15, -0.1) is 0 Å². The van der Waals surface area contributed by atoms with Crippen molar-refractivity contribution in [2.75, 3.05) is 25.0 Å². The number of para-hydroxylation sites is 1. The van der Waals surface area contributed by atoms with Gasteiger partial charge in [-0.2, -0.15) is 0 Å². The van der Waals surface area contributed by atoms with Crippen LogP contribution in [0.25, 0.3) is 10.9 Å². The molecule has 1 aromatic carbocycles. The largest absolute Gasteiger partial charge is 0.383 e. The van der Waals surface area contributed by atoms with Gasteiger partial charge in [-0.3, -0.25) is 9.78 Å². The number of benzene rings is 1. The van der Waals surface area contributed by atoms with Crippen molar-refractivity contribution in [1.82, 2.24) is 14.9 Å². The number of nitrogens with one attached hydrogen (secondary N) is 2. The quantitative estimate of drug-likeness (QED) is 0.714. The molecular weight excluding hydrogens is 336 g/mol. The third kappa shape index (κ3) is 4.13. The van der Waals surface area contributed by atoms with Crippen molar-refractivity contribution in [2.45, 2.75) is 32.1 Å². The standard InChI is InChI=1S/C22H26N4O/c27-22(26-11-5-1-2-6-12-26)18-13-19(16-23-14-18)24-10-9-17-15-25-21-8-4-3-7-20(17)21/h3-4,7-8,13-16,24-25H,1-2,5-6,9-12H2. The first-order valence-electron chi connectivity index (χ1n) is 9.84. The number of carbonyl (C=O) groups excluding carboxylic acids is 1. The van der Waals surface area contributed by atoms with Gasteiger partial charge in [0.15, 0.2) is 0 Å². The summed E-state index contributed by atoms with van der Waals surface area (Å²) in [4.78, 5) is 22.3. The van der Waals surface area contributed by atoms with E-state index in [1.165, 1.54) is 29.3 Å². The molecule has 2 aromatic heterocycles. The molecule has 27 heavy (non-hydrogen) atoms. The van der Waals surface area contributed by atoms with Crippen LogP contribution in [0.1, 0.15) is 41.6 Å². The zero-order chi connectivity index (χ0) is 18.5. The average Bonchev–Trinajstić information content (AvgIpc) is 2.93. The Morgan fingerprint density at radius 1 is 1.11 bits per heavy atom. The first-order valence-corrected chi connectivity index (χ1v) is 9.84. The highest BCUT2D eigenvalue weighted by Gasteiger charge is 2.17. The van der Waals surface area contributed by atoms with E-state index in [9.17, 15) is 4.79 Å². The third-order valence-corrected chi connectivity index (χ3v) is 5.28. The lowest BCUT2D eigenvalue weighted by Crippen LogP contribution is -2.31. The van der Waals surface area contributed by atoms with Crippen LogP contribution in [0.3, 0.4) is 0 Å². The van der Waals surface area contributed by atoms with E-state index in [2.05, 4.69) is 39.7 Å². The number of nitrogens with zero attached hydrogens (tertiary/aromatic N) is 2. The van der Waals surface area contributed by atoms with E-state index in [1.54, 1.807) is 12.4 Å². The molecule has 3 heterocycles. The molecule has 0 aliphatic carbocycles. The molecule has 0 bridgehead atoms. The number of hydrogen-bond donors (Lipinski definition) is 2. The number of pyridine rings is 1. The molecule has 0 radical (unpaired) electrons. The van der Waals surface area contributed by atoms with E-state index in [1.807, 2.05) is 17.0 Å². The van der Waals surface area contributed by atoms with Crippen molar-refractivity contribution in [1.29, 1.82) is 0 Å². The van der Waals surface area contributed by atoms with Crippen LogP contribution in [0, 0.1) is 0 Å². The first kappa shape index (κ1) is 17.6.